The molecule has 0 radical (unpaired) electrons. The predicted molar refractivity (Wildman–Crippen MR) is 336 cm³/mol. The number of aliphatic hydroxyl groups excluding tert-OH is 1. The highest BCUT2D eigenvalue weighted by Gasteiger charge is 2.69. The summed E-state index contributed by atoms with van der Waals surface area (Å²) in [7, 11) is 1.59. The fourth-order valence-electron chi connectivity index (χ4n) is 16.0. The van der Waals surface area contributed by atoms with Crippen LogP contribution in [-0.4, -0.2) is 223 Å². The van der Waals surface area contributed by atoms with Crippen LogP contribution in [0.5, 0.6) is 0 Å². The summed E-state index contributed by atoms with van der Waals surface area (Å²) in [5, 5.41) is 22.2. The maximum atomic E-state index is 14.6. The number of aliphatic hydroxyl groups is 1. The number of unbranched alkanes of at least 4 members (excludes halogenated alkanes) is 3. The van der Waals surface area contributed by atoms with Crippen molar-refractivity contribution in [2.75, 3.05) is 46.4 Å². The third-order valence-corrected chi connectivity index (χ3v) is 21.6. The molecule has 11 rings (SSSR count). The molecule has 23 nitrogen and oxygen atoms in total. The number of hydrogen-bond acceptors (Lipinski definition) is 19. The Kier molecular flexibility index (Phi) is 24.0. The second-order valence-electron chi connectivity index (χ2n) is 28.0. The van der Waals surface area contributed by atoms with E-state index in [0.717, 1.165) is 69.3 Å². The molecule has 6 amide bonds. The van der Waals surface area contributed by atoms with Crippen LogP contribution in [0.1, 0.15) is 169 Å². The maximum absolute atomic E-state index is 14.6. The third kappa shape index (κ3) is 16.8. The molecule has 0 aromatic heterocycles. The number of carbonyl (C=O) groups is 7. The van der Waals surface area contributed by atoms with Gasteiger partial charge in [0, 0.05) is 77.5 Å². The molecular weight excluding hydrogens is 1190 g/mol. The molecule has 3 unspecified atom stereocenters. The lowest BCUT2D eigenvalue weighted by molar-refractivity contribution is -0.292. The molecule has 11 aliphatic heterocycles. The summed E-state index contributed by atoms with van der Waals surface area (Å²) in [6, 6.07) is -1.97. The van der Waals surface area contributed by atoms with Gasteiger partial charge < -0.3 is 73.9 Å². The van der Waals surface area contributed by atoms with Crippen LogP contribution in [0.4, 0.5) is 0 Å². The Morgan fingerprint density at radius 3 is 2.23 bits per heavy atom. The molecule has 0 saturated carbocycles. The van der Waals surface area contributed by atoms with Crippen LogP contribution in [0.3, 0.4) is 0 Å². The molecule has 0 aromatic rings. The number of amides is 6. The minimum Gasteiger partial charge on any atom is -0.391 e. The Morgan fingerprint density at radius 1 is 0.747 bits per heavy atom. The molecular formula is C67H104N6O17S. The number of hydrogen-bond donors (Lipinski definition) is 6. The average molecular weight is 1300 g/mol. The number of ketones is 1. The second kappa shape index (κ2) is 31.3. The first-order chi connectivity index (χ1) is 43.6. The first-order valence-corrected chi connectivity index (χ1v) is 34.9. The number of methoxy groups -OCH3 is 1. The lowest BCUT2D eigenvalue weighted by Gasteiger charge is -2.47. The standard InChI is InChI=1S/C67H104N6O17S/c1-9-72(10-2)24-15-13-16-46(70-65(80)57(36(3)4)71-54(76)17-12-11-14-25-73-56(78)32-53(91)66(73)81)64(79)69-35-55(77)68-34-41(75)30-51-58(82-8)45-29-40(74)28-43-19-21-48-59(85-43)63-62-61(87-48)60-52(88-62)33-67(89-60,90-63)23-22-44-27-38(6)47(83-44)20-18-42-26-37(5)39(7)49(84-42)31-50(45)86-51/h36-37,41-53,57-63,75,91H,6-7,9-35H2,1-5,8H3,(H,68,77)(H,69,79)(H,70,80)(H,71,76)/t37-,41+,42+,43-,44+,45+,46+,47?,48+,49-,50+,51-,52?,53?,57+,58-,59+,60+,61+,62-,63+,67+/m1/s1. The van der Waals surface area contributed by atoms with Crippen molar-refractivity contribution in [3.05, 3.63) is 24.3 Å². The minimum atomic E-state index is -1.11. The number of rotatable bonds is 25. The smallest absolute Gasteiger partial charge is 0.243 e. The first-order valence-electron chi connectivity index (χ1n) is 34.4. The zero-order valence-corrected chi connectivity index (χ0v) is 55.4. The van der Waals surface area contributed by atoms with Gasteiger partial charge >= 0.3 is 0 Å². The number of imide groups is 1. The fourth-order valence-corrected chi connectivity index (χ4v) is 16.3. The Bertz CT molecular complexity index is 2610. The molecule has 0 aromatic carbocycles. The summed E-state index contributed by atoms with van der Waals surface area (Å²) in [6.07, 6.45) is 4.76. The van der Waals surface area contributed by atoms with Crippen LogP contribution < -0.4 is 21.3 Å². The van der Waals surface area contributed by atoms with E-state index in [4.69, 9.17) is 42.6 Å². The molecule has 11 aliphatic rings. The van der Waals surface area contributed by atoms with Crippen LogP contribution in [-0.2, 0) is 76.2 Å². The van der Waals surface area contributed by atoms with Crippen LogP contribution in [0.2, 0.25) is 0 Å². The zero-order valence-electron chi connectivity index (χ0n) is 54.5. The summed E-state index contributed by atoms with van der Waals surface area (Å²) < 4.78 is 60.9. The van der Waals surface area contributed by atoms with E-state index in [2.05, 4.69) is 72.7 Å². The maximum Gasteiger partial charge on any atom is 0.243 e. The number of Topliss-reactive ketones (excluding diaryl/α,β-unsaturated/α-hetero) is 1. The quantitative estimate of drug-likeness (QED) is 0.0318. The van der Waals surface area contributed by atoms with Crippen LogP contribution in [0.15, 0.2) is 24.3 Å². The van der Waals surface area contributed by atoms with E-state index < -0.39 is 89.9 Å². The summed E-state index contributed by atoms with van der Waals surface area (Å²) in [5.41, 5.74) is 2.05. The molecule has 1 spiro atoms. The van der Waals surface area contributed by atoms with Crippen LogP contribution in [0.25, 0.3) is 0 Å². The van der Waals surface area contributed by atoms with Crippen molar-refractivity contribution in [3.63, 3.8) is 0 Å². The highest BCUT2D eigenvalue weighted by atomic mass is 32.1. The van der Waals surface area contributed by atoms with Gasteiger partial charge in [-0.3, -0.25) is 38.5 Å². The predicted octanol–water partition coefficient (Wildman–Crippen LogP) is 4.47. The molecule has 11 heterocycles. The zero-order chi connectivity index (χ0) is 64.8. The number of nitrogens with zero attached hydrogens (tertiary/aromatic N) is 2. The normalized spacial score (nSPS) is 37.3. The van der Waals surface area contributed by atoms with E-state index in [1.807, 2.05) is 0 Å². The Hall–Kier alpha value is -3.92. The molecule has 11 saturated heterocycles. The van der Waals surface area contributed by atoms with Crippen molar-refractivity contribution >= 4 is 53.9 Å². The molecule has 24 heteroatoms. The highest BCUT2D eigenvalue weighted by molar-refractivity contribution is 7.81. The van der Waals surface area contributed by atoms with Crippen LogP contribution in [0, 0.1) is 17.8 Å². The number of ether oxygens (including phenoxy) is 9. The van der Waals surface area contributed by atoms with E-state index in [1.54, 1.807) is 21.0 Å². The van der Waals surface area contributed by atoms with Gasteiger partial charge in [-0.15, -0.1) is 0 Å². The number of carbonyl (C=O) groups excluding carboxylic acids is 7. The van der Waals surface area contributed by atoms with Gasteiger partial charge in [-0.05, 0) is 120 Å². The fraction of sp³-hybridized carbons (Fsp3) is 0.836. The molecule has 0 aliphatic carbocycles. The topological polar surface area (TPSA) is 277 Å². The van der Waals surface area contributed by atoms with E-state index in [-0.39, 0.29) is 148 Å². The van der Waals surface area contributed by atoms with Gasteiger partial charge in [-0.2, -0.15) is 12.6 Å². The molecule has 510 valence electrons. The van der Waals surface area contributed by atoms with E-state index in [0.29, 0.717) is 57.8 Å². The molecule has 11 fully saturated rings. The lowest BCUT2D eigenvalue weighted by atomic mass is 9.81. The Labute approximate surface area is 542 Å². The SMILES string of the molecule is C=C1C[C@@H]2CC[C@@]34CC5O[C@H]6[C@@H](O3)[C@H]3O[C@H](CC[C@@H]3O[C@H]6[C@H]5O4)CC(=O)C[C@@H]3[C@@H](OC)[C@@H](C[C@H](O)CNC(=O)CNC(=O)[C@H](CCCCN(CC)CC)NC(=O)[C@@H](NC(=O)CCCCCN4C(=O)CC(S)C4=O)C(C)C)O[C@H]3C[C@H]3O[C@@H](CCC1O2)C[C@@H](C)C3=C. The first kappa shape index (κ1) is 69.9. The van der Waals surface area contributed by atoms with Crippen molar-refractivity contribution in [3.8, 4) is 0 Å². The summed E-state index contributed by atoms with van der Waals surface area (Å²) in [4.78, 5) is 97.0. The monoisotopic (exact) mass is 1300 g/mol. The second-order valence-corrected chi connectivity index (χ2v) is 28.6. The molecule has 22 atom stereocenters. The van der Waals surface area contributed by atoms with Crippen molar-refractivity contribution in [1.29, 1.82) is 0 Å². The van der Waals surface area contributed by atoms with Gasteiger partial charge in [0.1, 0.15) is 48.4 Å². The molecule has 91 heavy (non-hydrogen) atoms. The third-order valence-electron chi connectivity index (χ3n) is 21.2. The van der Waals surface area contributed by atoms with Crippen molar-refractivity contribution < 1.29 is 81.3 Å². The van der Waals surface area contributed by atoms with Gasteiger partial charge in [-0.1, -0.05) is 54.2 Å². The Balaban J connectivity index is 0.751. The molecule has 5 N–H and O–H groups in total. The van der Waals surface area contributed by atoms with Crippen molar-refractivity contribution in [2.45, 2.75) is 290 Å². The summed E-state index contributed by atoms with van der Waals surface area (Å²) in [6.45, 7) is 21.1. The summed E-state index contributed by atoms with van der Waals surface area (Å²) in [5.74, 6) is -4.01. The minimum absolute atomic E-state index is 0.00313. The molecule has 12 bridgehead atoms. The van der Waals surface area contributed by atoms with E-state index in [9.17, 15) is 38.7 Å². The van der Waals surface area contributed by atoms with Crippen LogP contribution >= 0.6 is 12.6 Å². The van der Waals surface area contributed by atoms with E-state index in [1.165, 1.54) is 4.90 Å². The summed E-state index contributed by atoms with van der Waals surface area (Å²) >= 11 is 4.18. The van der Waals surface area contributed by atoms with E-state index >= 15 is 0 Å². The van der Waals surface area contributed by atoms with Gasteiger partial charge in [-0.25, -0.2) is 0 Å². The van der Waals surface area contributed by atoms with Gasteiger partial charge in [0.25, 0.3) is 0 Å². The number of thiol groups is 1. The van der Waals surface area contributed by atoms with Gasteiger partial charge in [0.05, 0.1) is 78.9 Å². The number of fused-ring (bicyclic) bond motifs is 6. The van der Waals surface area contributed by atoms with Crippen molar-refractivity contribution in [1.82, 2.24) is 31.1 Å². The van der Waals surface area contributed by atoms with Gasteiger partial charge in [0.2, 0.25) is 35.4 Å². The van der Waals surface area contributed by atoms with Gasteiger partial charge in [0.15, 0.2) is 5.79 Å². The average Bonchev–Trinajstić information content (AvgIpc) is 1.56. The number of nitrogens with one attached hydrogen (secondary N) is 4. The lowest BCUT2D eigenvalue weighted by Crippen LogP contribution is -2.61. The number of likely N-dealkylation sites (tertiary alicyclic amines) is 1. The highest BCUT2D eigenvalue weighted by Crippen LogP contribution is 2.54. The van der Waals surface area contributed by atoms with Crippen molar-refractivity contribution in [2.24, 2.45) is 17.8 Å². The largest absolute Gasteiger partial charge is 0.391 e. The Morgan fingerprint density at radius 2 is 1.48 bits per heavy atom.